The summed E-state index contributed by atoms with van der Waals surface area (Å²) in [4.78, 5) is 4.07. The third kappa shape index (κ3) is 2.58. The Kier molecular flexibility index (Phi) is 3.44. The normalized spacial score (nSPS) is 9.83. The minimum absolute atomic E-state index is 0.364. The molecule has 0 saturated heterocycles. The van der Waals surface area contributed by atoms with Gasteiger partial charge in [-0.3, -0.25) is 0 Å². The first-order valence-corrected chi connectivity index (χ1v) is 5.34. The molecule has 1 aromatic carbocycles. The van der Waals surface area contributed by atoms with E-state index in [9.17, 15) is 0 Å². The average molecular weight is 244 g/mol. The topological polar surface area (TPSA) is 84.0 Å². The van der Waals surface area contributed by atoms with Crippen LogP contribution in [0.3, 0.4) is 0 Å². The molecule has 92 valence electrons. The Balaban J connectivity index is 2.15. The molecule has 2 rings (SSSR count). The van der Waals surface area contributed by atoms with Crippen molar-refractivity contribution in [2.45, 2.75) is 13.5 Å². The van der Waals surface area contributed by atoms with E-state index in [0.29, 0.717) is 35.3 Å². The summed E-state index contributed by atoms with van der Waals surface area (Å²) in [5.74, 6) is 1.73. The van der Waals surface area contributed by atoms with Gasteiger partial charge in [-0.2, -0.15) is 10.2 Å². The summed E-state index contributed by atoms with van der Waals surface area (Å²) < 4.78 is 10.1. The first-order chi connectivity index (χ1) is 8.72. The maximum absolute atomic E-state index is 9.00. The maximum Gasteiger partial charge on any atom is 0.245 e. The first kappa shape index (κ1) is 11.9. The smallest absolute Gasteiger partial charge is 0.245 e. The number of rotatable bonds is 4. The highest BCUT2D eigenvalue weighted by molar-refractivity contribution is 5.60. The fraction of sp³-hybridized carbons (Fsp3) is 0.250. The lowest BCUT2D eigenvalue weighted by Crippen LogP contribution is -2.02. The van der Waals surface area contributed by atoms with E-state index in [1.165, 1.54) is 0 Å². The van der Waals surface area contributed by atoms with E-state index in [2.05, 4.69) is 21.5 Å². The molecule has 0 aliphatic rings. The second kappa shape index (κ2) is 5.19. The lowest BCUT2D eigenvalue weighted by molar-refractivity contribution is 0.379. The van der Waals surface area contributed by atoms with Gasteiger partial charge in [0.15, 0.2) is 5.82 Å². The van der Waals surface area contributed by atoms with Gasteiger partial charge >= 0.3 is 0 Å². The number of ether oxygens (including phenoxy) is 1. The zero-order valence-corrected chi connectivity index (χ0v) is 10.1. The Morgan fingerprint density at radius 1 is 1.50 bits per heavy atom. The molecule has 6 heteroatoms. The van der Waals surface area contributed by atoms with Crippen molar-refractivity contribution in [1.82, 2.24) is 10.1 Å². The molecule has 0 fully saturated rings. The van der Waals surface area contributed by atoms with E-state index in [0.717, 1.165) is 0 Å². The molecule has 1 heterocycles. The second-order valence-electron chi connectivity index (χ2n) is 3.61. The van der Waals surface area contributed by atoms with Crippen molar-refractivity contribution in [3.63, 3.8) is 0 Å². The van der Waals surface area contributed by atoms with Crippen LogP contribution in [0.4, 0.5) is 5.69 Å². The van der Waals surface area contributed by atoms with Gasteiger partial charge in [-0.1, -0.05) is 5.16 Å². The SMILES string of the molecule is COc1ccc(C#N)c(NCc2nc(C)no2)c1. The van der Waals surface area contributed by atoms with Crippen LogP contribution >= 0.6 is 0 Å². The van der Waals surface area contributed by atoms with Crippen molar-refractivity contribution in [3.8, 4) is 11.8 Å². The molecule has 0 amide bonds. The van der Waals surface area contributed by atoms with Crippen molar-refractivity contribution >= 4 is 5.69 Å². The molecular formula is C12H12N4O2. The summed E-state index contributed by atoms with van der Waals surface area (Å²) in [5, 5.41) is 15.8. The van der Waals surface area contributed by atoms with Gasteiger partial charge in [-0.15, -0.1) is 0 Å². The fourth-order valence-corrected chi connectivity index (χ4v) is 1.48. The number of aryl methyl sites for hydroxylation is 1. The molecule has 6 nitrogen and oxygen atoms in total. The average Bonchev–Trinajstić information content (AvgIpc) is 2.81. The summed E-state index contributed by atoms with van der Waals surface area (Å²) in [6.45, 7) is 2.11. The maximum atomic E-state index is 9.00. The van der Waals surface area contributed by atoms with Crippen molar-refractivity contribution < 1.29 is 9.26 Å². The van der Waals surface area contributed by atoms with Gasteiger partial charge in [0.2, 0.25) is 5.89 Å². The summed E-state index contributed by atoms with van der Waals surface area (Å²) in [7, 11) is 1.58. The van der Waals surface area contributed by atoms with Crippen molar-refractivity contribution in [1.29, 1.82) is 5.26 Å². The van der Waals surface area contributed by atoms with Crippen LogP contribution in [-0.2, 0) is 6.54 Å². The van der Waals surface area contributed by atoms with Crippen molar-refractivity contribution in [2.75, 3.05) is 12.4 Å². The van der Waals surface area contributed by atoms with Crippen LogP contribution in [0.1, 0.15) is 17.3 Å². The summed E-state index contributed by atoms with van der Waals surface area (Å²) in [6.07, 6.45) is 0. The van der Waals surface area contributed by atoms with Gasteiger partial charge in [0.25, 0.3) is 0 Å². The van der Waals surface area contributed by atoms with Gasteiger partial charge in [-0.05, 0) is 19.1 Å². The Hall–Kier alpha value is -2.55. The number of nitriles is 1. The minimum Gasteiger partial charge on any atom is -0.497 e. The molecule has 0 bridgehead atoms. The number of hydrogen-bond acceptors (Lipinski definition) is 6. The molecule has 0 spiro atoms. The van der Waals surface area contributed by atoms with E-state index in [-0.39, 0.29) is 0 Å². The summed E-state index contributed by atoms with van der Waals surface area (Å²) >= 11 is 0. The van der Waals surface area contributed by atoms with Crippen LogP contribution in [0, 0.1) is 18.3 Å². The number of nitrogens with one attached hydrogen (secondary N) is 1. The largest absolute Gasteiger partial charge is 0.497 e. The third-order valence-electron chi connectivity index (χ3n) is 2.35. The lowest BCUT2D eigenvalue weighted by Gasteiger charge is -2.07. The predicted octanol–water partition coefficient (Wildman–Crippen LogP) is 1.87. The number of nitrogens with zero attached hydrogens (tertiary/aromatic N) is 3. The molecule has 1 aromatic heterocycles. The number of methoxy groups -OCH3 is 1. The van der Waals surface area contributed by atoms with Gasteiger partial charge < -0.3 is 14.6 Å². The van der Waals surface area contributed by atoms with Crippen molar-refractivity contribution in [3.05, 3.63) is 35.5 Å². The molecule has 2 aromatic rings. The second-order valence-corrected chi connectivity index (χ2v) is 3.61. The molecule has 0 radical (unpaired) electrons. The number of aromatic nitrogens is 2. The Morgan fingerprint density at radius 3 is 2.94 bits per heavy atom. The Labute approximate surface area is 104 Å². The molecule has 0 aliphatic heterocycles. The highest BCUT2D eigenvalue weighted by atomic mass is 16.5. The predicted molar refractivity (Wildman–Crippen MR) is 64.1 cm³/mol. The standard InChI is InChI=1S/C12H12N4O2/c1-8-15-12(18-16-8)7-14-11-5-10(17-2)4-3-9(11)6-13/h3-5,14H,7H2,1-2H3. The van der Waals surface area contributed by atoms with Crippen LogP contribution in [-0.4, -0.2) is 17.3 Å². The lowest BCUT2D eigenvalue weighted by atomic mass is 10.2. The van der Waals surface area contributed by atoms with Gasteiger partial charge in [0.05, 0.1) is 24.9 Å². The Morgan fingerprint density at radius 2 is 2.33 bits per heavy atom. The molecule has 0 atom stereocenters. The van der Waals surface area contributed by atoms with Gasteiger partial charge in [0.1, 0.15) is 11.8 Å². The molecule has 0 saturated carbocycles. The molecule has 1 N–H and O–H groups in total. The number of anilines is 1. The van der Waals surface area contributed by atoms with Gasteiger partial charge in [-0.25, -0.2) is 0 Å². The first-order valence-electron chi connectivity index (χ1n) is 5.34. The number of benzene rings is 1. The van der Waals surface area contributed by atoms with Gasteiger partial charge in [0, 0.05) is 6.07 Å². The highest BCUT2D eigenvalue weighted by Gasteiger charge is 2.06. The number of hydrogen-bond donors (Lipinski definition) is 1. The van der Waals surface area contributed by atoms with Crippen LogP contribution < -0.4 is 10.1 Å². The third-order valence-corrected chi connectivity index (χ3v) is 2.35. The van der Waals surface area contributed by atoms with E-state index in [1.54, 1.807) is 32.2 Å². The summed E-state index contributed by atoms with van der Waals surface area (Å²) in [5.41, 5.74) is 1.21. The van der Waals surface area contributed by atoms with E-state index in [1.807, 2.05) is 0 Å². The van der Waals surface area contributed by atoms with Crippen molar-refractivity contribution in [2.24, 2.45) is 0 Å². The van der Waals surface area contributed by atoms with E-state index >= 15 is 0 Å². The summed E-state index contributed by atoms with van der Waals surface area (Å²) in [6, 6.07) is 7.29. The minimum atomic E-state index is 0.364. The zero-order chi connectivity index (χ0) is 13.0. The molecule has 18 heavy (non-hydrogen) atoms. The van der Waals surface area contributed by atoms with E-state index in [4.69, 9.17) is 14.5 Å². The highest BCUT2D eigenvalue weighted by Crippen LogP contribution is 2.22. The van der Waals surface area contributed by atoms with Crippen LogP contribution in [0.5, 0.6) is 5.75 Å². The fourth-order valence-electron chi connectivity index (χ4n) is 1.48. The molecule has 0 aliphatic carbocycles. The Bertz CT molecular complexity index is 586. The quantitative estimate of drug-likeness (QED) is 0.883. The zero-order valence-electron chi connectivity index (χ0n) is 10.1. The molecule has 0 unspecified atom stereocenters. The van der Waals surface area contributed by atoms with Crippen LogP contribution in [0.25, 0.3) is 0 Å². The van der Waals surface area contributed by atoms with Crippen LogP contribution in [0.15, 0.2) is 22.7 Å². The monoisotopic (exact) mass is 244 g/mol. The van der Waals surface area contributed by atoms with Crippen LogP contribution in [0.2, 0.25) is 0 Å². The molecular weight excluding hydrogens is 232 g/mol. The van der Waals surface area contributed by atoms with E-state index < -0.39 is 0 Å².